The predicted molar refractivity (Wildman–Crippen MR) is 81.8 cm³/mol. The van der Waals surface area contributed by atoms with Crippen LogP contribution in [-0.4, -0.2) is 26.1 Å². The molecule has 0 aromatic rings. The molecule has 3 heteroatoms. The molecule has 0 aliphatic carbocycles. The zero-order valence-corrected chi connectivity index (χ0v) is 13.1. The van der Waals surface area contributed by atoms with Gasteiger partial charge in [0.15, 0.2) is 0 Å². The lowest BCUT2D eigenvalue weighted by molar-refractivity contribution is 0.451. The Morgan fingerprint density at radius 3 is 2.38 bits per heavy atom. The first-order chi connectivity index (χ1) is 7.69. The largest absolute Gasteiger partial charge is 0.155 e. The van der Waals surface area contributed by atoms with Crippen LogP contribution in [0.3, 0.4) is 0 Å². The van der Waals surface area contributed by atoms with Crippen molar-refractivity contribution in [1.82, 2.24) is 0 Å². The summed E-state index contributed by atoms with van der Waals surface area (Å²) >= 11 is 6.77. The van der Waals surface area contributed by atoms with E-state index in [4.69, 9.17) is 0 Å². The summed E-state index contributed by atoms with van der Waals surface area (Å²) in [6, 6.07) is 0. The van der Waals surface area contributed by atoms with E-state index in [1.54, 1.807) is 0 Å². The van der Waals surface area contributed by atoms with E-state index in [0.29, 0.717) is 4.08 Å². The Hall–Kier alpha value is 1.05. The summed E-state index contributed by atoms with van der Waals surface area (Å²) in [5, 5.41) is 1.86. The third-order valence-corrected chi connectivity index (χ3v) is 9.30. The highest BCUT2D eigenvalue weighted by atomic mass is 32.2. The van der Waals surface area contributed by atoms with E-state index in [9.17, 15) is 0 Å². The molecular formula is C13H24S3. The van der Waals surface area contributed by atoms with E-state index in [-0.39, 0.29) is 0 Å². The lowest BCUT2D eigenvalue weighted by Gasteiger charge is -2.40. The maximum atomic E-state index is 2.52. The van der Waals surface area contributed by atoms with Gasteiger partial charge < -0.3 is 0 Å². The first-order valence-corrected chi connectivity index (χ1v) is 9.54. The van der Waals surface area contributed by atoms with Crippen LogP contribution in [0, 0.1) is 5.92 Å². The van der Waals surface area contributed by atoms with Gasteiger partial charge in [0.25, 0.3) is 0 Å². The van der Waals surface area contributed by atoms with Crippen molar-refractivity contribution in [2.75, 3.05) is 11.5 Å². The molecule has 0 radical (unpaired) electrons. The predicted octanol–water partition coefficient (Wildman–Crippen LogP) is 4.88. The molecule has 2 aliphatic rings. The highest BCUT2D eigenvalue weighted by Crippen LogP contribution is 2.56. The fourth-order valence-corrected chi connectivity index (χ4v) is 8.19. The molecule has 0 N–H and O–H groups in total. The minimum absolute atomic E-state index is 0.524. The van der Waals surface area contributed by atoms with Crippen molar-refractivity contribution in [3.05, 3.63) is 0 Å². The van der Waals surface area contributed by atoms with Gasteiger partial charge in [-0.1, -0.05) is 13.8 Å². The second kappa shape index (κ2) is 5.79. The average Bonchev–Trinajstić information content (AvgIpc) is 2.74. The molecule has 2 rings (SSSR count). The molecular weight excluding hydrogens is 252 g/mol. The Morgan fingerprint density at radius 1 is 1.12 bits per heavy atom. The minimum Gasteiger partial charge on any atom is -0.155 e. The molecule has 3 atom stereocenters. The van der Waals surface area contributed by atoms with Crippen LogP contribution in [0.5, 0.6) is 0 Å². The van der Waals surface area contributed by atoms with E-state index in [0.717, 1.165) is 16.4 Å². The van der Waals surface area contributed by atoms with Crippen LogP contribution in [0.4, 0.5) is 0 Å². The topological polar surface area (TPSA) is 0 Å². The van der Waals surface area contributed by atoms with Gasteiger partial charge in [-0.05, 0) is 50.0 Å². The van der Waals surface area contributed by atoms with Crippen LogP contribution in [0.15, 0.2) is 0 Å². The second-order valence-electron chi connectivity index (χ2n) is 5.02. The van der Waals surface area contributed by atoms with Crippen molar-refractivity contribution in [2.24, 2.45) is 5.92 Å². The van der Waals surface area contributed by atoms with Gasteiger partial charge in [-0.3, -0.25) is 0 Å². The molecule has 0 aromatic heterocycles. The summed E-state index contributed by atoms with van der Waals surface area (Å²) in [4.78, 5) is 0. The van der Waals surface area contributed by atoms with Crippen LogP contribution in [-0.2, 0) is 0 Å². The van der Waals surface area contributed by atoms with E-state index in [2.05, 4.69) is 56.1 Å². The van der Waals surface area contributed by atoms with Crippen LogP contribution in [0.2, 0.25) is 0 Å². The van der Waals surface area contributed by atoms with Gasteiger partial charge >= 0.3 is 0 Å². The lowest BCUT2D eigenvalue weighted by Crippen LogP contribution is -2.35. The van der Waals surface area contributed by atoms with Crippen LogP contribution in [0.25, 0.3) is 0 Å². The Balaban J connectivity index is 2.06. The van der Waals surface area contributed by atoms with Gasteiger partial charge in [-0.15, -0.1) is 23.5 Å². The van der Waals surface area contributed by atoms with Gasteiger partial charge in [0.2, 0.25) is 0 Å². The zero-order valence-electron chi connectivity index (χ0n) is 10.7. The molecule has 0 saturated carbocycles. The summed E-state index contributed by atoms with van der Waals surface area (Å²) in [5.74, 6) is 3.72. The quantitative estimate of drug-likeness (QED) is 0.721. The van der Waals surface area contributed by atoms with E-state index in [1.165, 1.54) is 37.2 Å². The van der Waals surface area contributed by atoms with Crippen LogP contribution < -0.4 is 0 Å². The first kappa shape index (κ1) is 13.5. The SMILES string of the molecule is CCC1CC(C2(C)SCCCS2)C(CC)S1. The number of thioether (sulfide) groups is 3. The third-order valence-electron chi connectivity index (χ3n) is 3.93. The van der Waals surface area contributed by atoms with Gasteiger partial charge in [0, 0.05) is 10.5 Å². The lowest BCUT2D eigenvalue weighted by atomic mass is 9.93. The van der Waals surface area contributed by atoms with E-state index in [1.807, 2.05) is 0 Å². The molecule has 2 heterocycles. The Kier molecular flexibility index (Phi) is 4.88. The van der Waals surface area contributed by atoms with Crippen molar-refractivity contribution in [2.45, 2.75) is 61.0 Å². The third kappa shape index (κ3) is 2.72. The summed E-state index contributed by atoms with van der Waals surface area (Å²) in [7, 11) is 0. The zero-order chi connectivity index (χ0) is 11.6. The van der Waals surface area contributed by atoms with Crippen LogP contribution >= 0.6 is 35.3 Å². The Morgan fingerprint density at radius 2 is 1.81 bits per heavy atom. The highest BCUT2D eigenvalue weighted by Gasteiger charge is 2.46. The molecule has 0 bridgehead atoms. The monoisotopic (exact) mass is 276 g/mol. The van der Waals surface area contributed by atoms with Crippen molar-refractivity contribution in [3.63, 3.8) is 0 Å². The maximum absolute atomic E-state index is 2.52. The fraction of sp³-hybridized carbons (Fsp3) is 1.00. The molecule has 2 saturated heterocycles. The summed E-state index contributed by atoms with van der Waals surface area (Å²) in [6.07, 6.45) is 5.61. The minimum atomic E-state index is 0.524. The van der Waals surface area contributed by atoms with Crippen LogP contribution in [0.1, 0.15) is 46.5 Å². The second-order valence-corrected chi connectivity index (χ2v) is 9.91. The molecule has 2 aliphatic heterocycles. The van der Waals surface area contributed by atoms with Crippen molar-refractivity contribution >= 4 is 35.3 Å². The van der Waals surface area contributed by atoms with Gasteiger partial charge in [-0.25, -0.2) is 0 Å². The van der Waals surface area contributed by atoms with Gasteiger partial charge in [0.05, 0.1) is 4.08 Å². The number of hydrogen-bond acceptors (Lipinski definition) is 3. The van der Waals surface area contributed by atoms with Crippen molar-refractivity contribution < 1.29 is 0 Å². The number of rotatable bonds is 3. The molecule has 2 fully saturated rings. The molecule has 16 heavy (non-hydrogen) atoms. The molecule has 3 unspecified atom stereocenters. The molecule has 0 amide bonds. The maximum Gasteiger partial charge on any atom is 0.0622 e. The first-order valence-electron chi connectivity index (χ1n) is 6.63. The Labute approximate surface area is 113 Å². The average molecular weight is 277 g/mol. The summed E-state index contributed by atoms with van der Waals surface area (Å²) < 4.78 is 0.524. The smallest absolute Gasteiger partial charge is 0.0622 e. The summed E-state index contributed by atoms with van der Waals surface area (Å²) in [5.41, 5.74) is 0. The highest BCUT2D eigenvalue weighted by molar-refractivity contribution is 8.18. The van der Waals surface area contributed by atoms with E-state index >= 15 is 0 Å². The molecule has 0 aromatic carbocycles. The summed E-state index contributed by atoms with van der Waals surface area (Å²) in [6.45, 7) is 7.26. The molecule has 0 spiro atoms. The fourth-order valence-electron chi connectivity index (χ4n) is 2.89. The van der Waals surface area contributed by atoms with Crippen molar-refractivity contribution in [3.8, 4) is 0 Å². The molecule has 0 nitrogen and oxygen atoms in total. The standard InChI is InChI=1S/C13H24S3/c1-4-10-9-11(12(5-2)16-10)13(3)14-7-6-8-15-13/h10-12H,4-9H2,1-3H3. The van der Waals surface area contributed by atoms with E-state index < -0.39 is 0 Å². The van der Waals surface area contributed by atoms with Gasteiger partial charge in [-0.2, -0.15) is 11.8 Å². The Bertz CT molecular complexity index is 223. The number of hydrogen-bond donors (Lipinski definition) is 0. The molecule has 94 valence electrons. The normalized spacial score (nSPS) is 38.8. The van der Waals surface area contributed by atoms with Crippen molar-refractivity contribution in [1.29, 1.82) is 0 Å². The van der Waals surface area contributed by atoms with Gasteiger partial charge in [0.1, 0.15) is 0 Å².